The molecule has 106 valence electrons. The molecule has 0 unspecified atom stereocenters. The molecule has 0 fully saturated rings. The van der Waals surface area contributed by atoms with Gasteiger partial charge in [0.05, 0.1) is 18.4 Å². The van der Waals surface area contributed by atoms with Crippen molar-refractivity contribution in [3.63, 3.8) is 0 Å². The average Bonchev–Trinajstić information content (AvgIpc) is 2.86. The van der Waals surface area contributed by atoms with Crippen molar-refractivity contribution in [3.05, 3.63) is 52.4 Å². The molecule has 1 aromatic heterocycles. The van der Waals surface area contributed by atoms with Gasteiger partial charge < -0.3 is 14.1 Å². The molecule has 2 aromatic rings. The molecule has 0 atom stereocenters. The Morgan fingerprint density at radius 2 is 2.00 bits per heavy atom. The van der Waals surface area contributed by atoms with Gasteiger partial charge in [-0.15, -0.1) is 0 Å². The van der Waals surface area contributed by atoms with Crippen LogP contribution in [0.15, 0.2) is 45.7 Å². The van der Waals surface area contributed by atoms with Gasteiger partial charge in [-0.3, -0.25) is 4.79 Å². The minimum Gasteiger partial charge on any atom is -0.492 e. The van der Waals surface area contributed by atoms with Crippen molar-refractivity contribution in [1.82, 2.24) is 4.90 Å². The van der Waals surface area contributed by atoms with Crippen LogP contribution in [-0.4, -0.2) is 31.0 Å². The molecule has 0 spiro atoms. The van der Waals surface area contributed by atoms with Gasteiger partial charge in [0.2, 0.25) is 0 Å². The molecule has 2 rings (SSSR count). The number of likely N-dealkylation sites (N-methyl/N-ethyl adjacent to an activating group) is 1. The van der Waals surface area contributed by atoms with Crippen LogP contribution < -0.4 is 4.74 Å². The minimum atomic E-state index is -0.0990. The predicted molar refractivity (Wildman–Crippen MR) is 80.0 cm³/mol. The Morgan fingerprint density at radius 1 is 1.30 bits per heavy atom. The summed E-state index contributed by atoms with van der Waals surface area (Å²) in [5, 5.41) is 0. The Labute approximate surface area is 126 Å². The van der Waals surface area contributed by atoms with E-state index in [0.717, 1.165) is 5.75 Å². The second-order valence-corrected chi connectivity index (χ2v) is 5.22. The third-order valence-corrected chi connectivity index (χ3v) is 3.53. The number of amides is 1. The fraction of sp³-hybridized carbons (Fsp3) is 0.267. The highest BCUT2D eigenvalue weighted by molar-refractivity contribution is 9.10. The minimum absolute atomic E-state index is 0.0990. The van der Waals surface area contributed by atoms with Gasteiger partial charge in [-0.1, -0.05) is 17.7 Å². The number of rotatable bonds is 5. The summed E-state index contributed by atoms with van der Waals surface area (Å²) in [5.74, 6) is 0.707. The molecule has 0 saturated carbocycles. The van der Waals surface area contributed by atoms with Crippen molar-refractivity contribution < 1.29 is 13.9 Å². The lowest BCUT2D eigenvalue weighted by molar-refractivity contribution is 0.0772. The van der Waals surface area contributed by atoms with E-state index in [4.69, 9.17) is 9.15 Å². The Balaban J connectivity index is 1.83. The molecule has 0 aliphatic rings. The van der Waals surface area contributed by atoms with Gasteiger partial charge in [0.15, 0.2) is 4.67 Å². The lowest BCUT2D eigenvalue weighted by atomic mass is 10.2. The van der Waals surface area contributed by atoms with Crippen LogP contribution in [0.1, 0.15) is 15.9 Å². The maximum absolute atomic E-state index is 12.1. The Bertz CT molecular complexity index is 577. The SMILES string of the molecule is Cc1ccc(OCCN(C)C(=O)c2ccoc2Br)cc1. The molecule has 1 amide bonds. The molecule has 0 saturated heterocycles. The number of nitrogens with zero attached hydrogens (tertiary/aromatic N) is 1. The van der Waals surface area contributed by atoms with Gasteiger partial charge in [-0.05, 0) is 41.1 Å². The van der Waals surface area contributed by atoms with Crippen LogP contribution in [0.2, 0.25) is 0 Å². The molecule has 0 aliphatic heterocycles. The number of furan rings is 1. The van der Waals surface area contributed by atoms with E-state index in [9.17, 15) is 4.79 Å². The Hall–Kier alpha value is -1.75. The van der Waals surface area contributed by atoms with Crippen molar-refractivity contribution in [2.45, 2.75) is 6.92 Å². The standard InChI is InChI=1S/C15H16BrNO3/c1-11-3-5-12(6-4-11)19-10-8-17(2)15(18)13-7-9-20-14(13)16/h3-7,9H,8,10H2,1-2H3. The molecule has 0 radical (unpaired) electrons. The number of carbonyl (C=O) groups excluding carboxylic acids is 1. The number of hydrogen-bond acceptors (Lipinski definition) is 3. The molecular formula is C15H16BrNO3. The van der Waals surface area contributed by atoms with Gasteiger partial charge in [0.25, 0.3) is 5.91 Å². The van der Waals surface area contributed by atoms with Gasteiger partial charge in [-0.2, -0.15) is 0 Å². The van der Waals surface area contributed by atoms with E-state index >= 15 is 0 Å². The fourth-order valence-electron chi connectivity index (χ4n) is 1.69. The normalized spacial score (nSPS) is 10.3. The van der Waals surface area contributed by atoms with Gasteiger partial charge in [0, 0.05) is 7.05 Å². The molecule has 0 aliphatic carbocycles. The topological polar surface area (TPSA) is 42.7 Å². The number of halogens is 1. The summed E-state index contributed by atoms with van der Waals surface area (Å²) in [4.78, 5) is 13.7. The van der Waals surface area contributed by atoms with Crippen molar-refractivity contribution in [2.75, 3.05) is 20.2 Å². The summed E-state index contributed by atoms with van der Waals surface area (Å²) in [6, 6.07) is 9.47. The van der Waals surface area contributed by atoms with Gasteiger partial charge >= 0.3 is 0 Å². The first kappa shape index (κ1) is 14.7. The number of carbonyl (C=O) groups is 1. The van der Waals surface area contributed by atoms with Crippen LogP contribution in [0, 0.1) is 6.92 Å². The van der Waals surface area contributed by atoms with Crippen LogP contribution in [-0.2, 0) is 0 Å². The maximum atomic E-state index is 12.1. The van der Waals surface area contributed by atoms with Crippen LogP contribution in [0.25, 0.3) is 0 Å². The Morgan fingerprint density at radius 3 is 2.60 bits per heavy atom. The second kappa shape index (κ2) is 6.61. The third-order valence-electron chi connectivity index (χ3n) is 2.91. The molecule has 4 nitrogen and oxygen atoms in total. The molecule has 0 N–H and O–H groups in total. The zero-order chi connectivity index (χ0) is 14.5. The molecule has 0 bridgehead atoms. The summed E-state index contributed by atoms with van der Waals surface area (Å²) in [6.07, 6.45) is 1.48. The summed E-state index contributed by atoms with van der Waals surface area (Å²) in [7, 11) is 1.74. The van der Waals surface area contributed by atoms with E-state index in [1.54, 1.807) is 18.0 Å². The van der Waals surface area contributed by atoms with Crippen LogP contribution in [0.5, 0.6) is 5.75 Å². The summed E-state index contributed by atoms with van der Waals surface area (Å²) < 4.78 is 11.1. The highest BCUT2D eigenvalue weighted by Crippen LogP contribution is 2.19. The lowest BCUT2D eigenvalue weighted by Crippen LogP contribution is -2.30. The molecule has 5 heteroatoms. The lowest BCUT2D eigenvalue weighted by Gasteiger charge is -2.17. The summed E-state index contributed by atoms with van der Waals surface area (Å²) >= 11 is 3.20. The van der Waals surface area contributed by atoms with Crippen molar-refractivity contribution in [2.24, 2.45) is 0 Å². The van der Waals surface area contributed by atoms with E-state index in [2.05, 4.69) is 15.9 Å². The van der Waals surface area contributed by atoms with Crippen LogP contribution in [0.4, 0.5) is 0 Å². The van der Waals surface area contributed by atoms with Gasteiger partial charge in [-0.25, -0.2) is 0 Å². The zero-order valence-electron chi connectivity index (χ0n) is 11.4. The van der Waals surface area contributed by atoms with E-state index in [1.165, 1.54) is 11.8 Å². The molecular weight excluding hydrogens is 322 g/mol. The highest BCUT2D eigenvalue weighted by atomic mass is 79.9. The highest BCUT2D eigenvalue weighted by Gasteiger charge is 2.16. The van der Waals surface area contributed by atoms with Gasteiger partial charge in [0.1, 0.15) is 12.4 Å². The quantitative estimate of drug-likeness (QED) is 0.838. The predicted octanol–water partition coefficient (Wildman–Crippen LogP) is 3.50. The van der Waals surface area contributed by atoms with Crippen molar-refractivity contribution >= 4 is 21.8 Å². The van der Waals surface area contributed by atoms with E-state index in [1.807, 2.05) is 31.2 Å². The van der Waals surface area contributed by atoms with E-state index < -0.39 is 0 Å². The molecule has 1 aromatic carbocycles. The first-order valence-corrected chi connectivity index (χ1v) is 7.05. The van der Waals surface area contributed by atoms with E-state index in [-0.39, 0.29) is 5.91 Å². The maximum Gasteiger partial charge on any atom is 0.258 e. The average molecular weight is 338 g/mol. The Kier molecular flexibility index (Phi) is 4.84. The number of ether oxygens (including phenoxy) is 1. The zero-order valence-corrected chi connectivity index (χ0v) is 13.0. The fourth-order valence-corrected chi connectivity index (χ4v) is 2.10. The second-order valence-electron chi connectivity index (χ2n) is 4.50. The van der Waals surface area contributed by atoms with E-state index in [0.29, 0.717) is 23.4 Å². The first-order valence-electron chi connectivity index (χ1n) is 6.26. The largest absolute Gasteiger partial charge is 0.492 e. The summed E-state index contributed by atoms with van der Waals surface area (Å²) in [5.41, 5.74) is 1.71. The monoisotopic (exact) mass is 337 g/mol. The first-order chi connectivity index (χ1) is 9.58. The van der Waals surface area contributed by atoms with Crippen LogP contribution in [0.3, 0.4) is 0 Å². The van der Waals surface area contributed by atoms with Crippen molar-refractivity contribution in [1.29, 1.82) is 0 Å². The number of hydrogen-bond donors (Lipinski definition) is 0. The number of benzene rings is 1. The summed E-state index contributed by atoms with van der Waals surface area (Å²) in [6.45, 7) is 2.98. The molecule has 1 heterocycles. The van der Waals surface area contributed by atoms with Crippen LogP contribution >= 0.6 is 15.9 Å². The van der Waals surface area contributed by atoms with Crippen molar-refractivity contribution in [3.8, 4) is 5.75 Å². The number of aryl methyl sites for hydroxylation is 1. The smallest absolute Gasteiger partial charge is 0.258 e. The molecule has 20 heavy (non-hydrogen) atoms. The third kappa shape index (κ3) is 3.63.